The van der Waals surface area contributed by atoms with Crippen LogP contribution in [-0.2, 0) is 10.3 Å². The second kappa shape index (κ2) is 7.24. The number of nitrogens with one attached hydrogen (secondary N) is 2. The van der Waals surface area contributed by atoms with E-state index in [-0.39, 0.29) is 17.5 Å². The van der Waals surface area contributed by atoms with Crippen molar-refractivity contribution in [1.29, 1.82) is 0 Å². The third-order valence-electron chi connectivity index (χ3n) is 5.47. The van der Waals surface area contributed by atoms with Gasteiger partial charge in [-0.3, -0.25) is 4.79 Å². The maximum Gasteiger partial charge on any atom is 0.319 e. The Morgan fingerprint density at radius 2 is 1.85 bits per heavy atom. The molecule has 1 saturated carbocycles. The van der Waals surface area contributed by atoms with Gasteiger partial charge in [0.1, 0.15) is 0 Å². The third-order valence-corrected chi connectivity index (χ3v) is 5.80. The van der Waals surface area contributed by atoms with E-state index in [4.69, 9.17) is 11.6 Å². The predicted molar refractivity (Wildman–Crippen MR) is 107 cm³/mol. The van der Waals surface area contributed by atoms with Crippen LogP contribution in [0.15, 0.2) is 48.5 Å². The molecule has 5 nitrogen and oxygen atoms in total. The lowest BCUT2D eigenvalue weighted by molar-refractivity contribution is -0.117. The van der Waals surface area contributed by atoms with Crippen LogP contribution in [0.2, 0.25) is 5.02 Å². The van der Waals surface area contributed by atoms with Crippen molar-refractivity contribution in [2.45, 2.75) is 37.6 Å². The summed E-state index contributed by atoms with van der Waals surface area (Å²) < 4.78 is 0. The Hall–Kier alpha value is -2.53. The molecule has 3 amide bonds. The number of rotatable bonds is 4. The maximum atomic E-state index is 12.7. The van der Waals surface area contributed by atoms with Gasteiger partial charge in [-0.1, -0.05) is 41.9 Å². The quantitative estimate of drug-likeness (QED) is 0.806. The molecule has 6 heteroatoms. The number of hydrogen-bond acceptors (Lipinski definition) is 2. The molecule has 1 aliphatic carbocycles. The first kappa shape index (κ1) is 17.9. The molecule has 1 heterocycles. The van der Waals surface area contributed by atoms with Gasteiger partial charge in [-0.05, 0) is 49.4 Å². The van der Waals surface area contributed by atoms with E-state index in [1.807, 2.05) is 36.4 Å². The largest absolute Gasteiger partial charge is 0.328 e. The van der Waals surface area contributed by atoms with Crippen molar-refractivity contribution in [3.8, 4) is 0 Å². The summed E-state index contributed by atoms with van der Waals surface area (Å²) in [5.41, 5.74) is 2.07. The first-order chi connectivity index (χ1) is 13.1. The van der Waals surface area contributed by atoms with Crippen LogP contribution in [0, 0.1) is 0 Å². The van der Waals surface area contributed by atoms with Gasteiger partial charge in [0.2, 0.25) is 5.91 Å². The number of benzene rings is 2. The van der Waals surface area contributed by atoms with Crippen LogP contribution in [0.5, 0.6) is 0 Å². The number of hydrogen-bond donors (Lipinski definition) is 2. The molecule has 2 fully saturated rings. The summed E-state index contributed by atoms with van der Waals surface area (Å²) in [6.45, 7) is 0.698. The van der Waals surface area contributed by atoms with E-state index in [1.165, 1.54) is 0 Å². The van der Waals surface area contributed by atoms with E-state index in [1.54, 1.807) is 17.0 Å². The first-order valence-corrected chi connectivity index (χ1v) is 9.70. The third kappa shape index (κ3) is 3.52. The lowest BCUT2D eigenvalue weighted by atomic mass is 9.72. The average molecular weight is 384 g/mol. The van der Waals surface area contributed by atoms with E-state index >= 15 is 0 Å². The Balaban J connectivity index is 1.50. The lowest BCUT2D eigenvalue weighted by Crippen LogP contribution is -2.52. The minimum atomic E-state index is -0.319. The SMILES string of the molecule is O=C(Nc1cc(N2CCCC2=O)ccc1Cl)NC1(c2ccccc2)CCC1. The van der Waals surface area contributed by atoms with Crippen LogP contribution in [0.1, 0.15) is 37.7 Å². The van der Waals surface area contributed by atoms with Crippen molar-refractivity contribution >= 4 is 34.9 Å². The summed E-state index contributed by atoms with van der Waals surface area (Å²) >= 11 is 6.27. The van der Waals surface area contributed by atoms with Gasteiger partial charge < -0.3 is 15.5 Å². The van der Waals surface area contributed by atoms with Crippen LogP contribution in [0.4, 0.5) is 16.2 Å². The van der Waals surface area contributed by atoms with Gasteiger partial charge in [-0.15, -0.1) is 0 Å². The molecule has 1 saturated heterocycles. The summed E-state index contributed by atoms with van der Waals surface area (Å²) in [5, 5.41) is 6.44. The monoisotopic (exact) mass is 383 g/mol. The van der Waals surface area contributed by atoms with E-state index in [9.17, 15) is 9.59 Å². The Morgan fingerprint density at radius 3 is 2.48 bits per heavy atom. The van der Waals surface area contributed by atoms with Crippen molar-refractivity contribution in [3.05, 3.63) is 59.1 Å². The smallest absolute Gasteiger partial charge is 0.319 e. The number of urea groups is 1. The molecule has 0 bridgehead atoms. The standard InChI is InChI=1S/C21H22ClN3O2/c22-17-10-9-16(25-13-4-8-19(25)26)14-18(17)23-20(27)24-21(11-5-12-21)15-6-2-1-3-7-15/h1-3,6-7,9-10,14H,4-5,8,11-13H2,(H2,23,24,27). The highest BCUT2D eigenvalue weighted by Gasteiger charge is 2.40. The molecular formula is C21H22ClN3O2. The van der Waals surface area contributed by atoms with Gasteiger partial charge >= 0.3 is 6.03 Å². The van der Waals surface area contributed by atoms with Crippen LogP contribution in [0.3, 0.4) is 0 Å². The Kier molecular flexibility index (Phi) is 4.79. The van der Waals surface area contributed by atoms with E-state index in [2.05, 4.69) is 10.6 Å². The van der Waals surface area contributed by atoms with Crippen molar-refractivity contribution in [2.75, 3.05) is 16.8 Å². The Bertz CT molecular complexity index is 865. The van der Waals surface area contributed by atoms with Crippen molar-refractivity contribution < 1.29 is 9.59 Å². The topological polar surface area (TPSA) is 61.4 Å². The summed E-state index contributed by atoms with van der Waals surface area (Å²) in [5.74, 6) is 0.102. The minimum absolute atomic E-state index is 0.102. The molecule has 2 aromatic rings. The number of carbonyl (C=O) groups is 2. The van der Waals surface area contributed by atoms with Gasteiger partial charge in [0.25, 0.3) is 0 Å². The summed E-state index contributed by atoms with van der Waals surface area (Å²) in [6.07, 6.45) is 4.33. The second-order valence-electron chi connectivity index (χ2n) is 7.19. The summed E-state index contributed by atoms with van der Waals surface area (Å²) in [4.78, 5) is 26.4. The normalized spacial score (nSPS) is 18.1. The number of amides is 3. The molecule has 0 unspecified atom stereocenters. The van der Waals surface area contributed by atoms with E-state index in [0.29, 0.717) is 23.7 Å². The van der Waals surface area contributed by atoms with Gasteiger partial charge in [0, 0.05) is 18.7 Å². The van der Waals surface area contributed by atoms with Gasteiger partial charge in [-0.25, -0.2) is 4.79 Å². The molecule has 0 aromatic heterocycles. The minimum Gasteiger partial charge on any atom is -0.328 e. The number of nitrogens with zero attached hydrogens (tertiary/aromatic N) is 1. The molecule has 0 atom stereocenters. The molecule has 4 rings (SSSR count). The zero-order valence-electron chi connectivity index (χ0n) is 15.0. The molecular weight excluding hydrogens is 362 g/mol. The van der Waals surface area contributed by atoms with Gasteiger partial charge in [0.15, 0.2) is 0 Å². The zero-order valence-corrected chi connectivity index (χ0v) is 15.8. The lowest BCUT2D eigenvalue weighted by Gasteiger charge is -2.43. The van der Waals surface area contributed by atoms with E-state index in [0.717, 1.165) is 36.9 Å². The fourth-order valence-electron chi connectivity index (χ4n) is 3.84. The van der Waals surface area contributed by atoms with Crippen LogP contribution in [-0.4, -0.2) is 18.5 Å². The maximum absolute atomic E-state index is 12.7. The molecule has 0 radical (unpaired) electrons. The molecule has 27 heavy (non-hydrogen) atoms. The van der Waals surface area contributed by atoms with Gasteiger partial charge in [0.05, 0.1) is 16.2 Å². The fraction of sp³-hybridized carbons (Fsp3) is 0.333. The van der Waals surface area contributed by atoms with E-state index < -0.39 is 0 Å². The molecule has 2 N–H and O–H groups in total. The summed E-state index contributed by atoms with van der Waals surface area (Å²) in [7, 11) is 0. The molecule has 1 aliphatic heterocycles. The van der Waals surface area contributed by atoms with Crippen LogP contribution in [0.25, 0.3) is 0 Å². The predicted octanol–water partition coefficient (Wildman–Crippen LogP) is 4.67. The van der Waals surface area contributed by atoms with Crippen molar-refractivity contribution in [1.82, 2.24) is 5.32 Å². The number of carbonyl (C=O) groups excluding carboxylic acids is 2. The molecule has 0 spiro atoms. The molecule has 2 aromatic carbocycles. The number of halogens is 1. The average Bonchev–Trinajstić information content (AvgIpc) is 3.07. The zero-order chi connectivity index (χ0) is 18.9. The highest BCUT2D eigenvalue weighted by atomic mass is 35.5. The highest BCUT2D eigenvalue weighted by molar-refractivity contribution is 6.33. The molecule has 2 aliphatic rings. The van der Waals surface area contributed by atoms with Crippen LogP contribution >= 0.6 is 11.6 Å². The Morgan fingerprint density at radius 1 is 1.07 bits per heavy atom. The highest BCUT2D eigenvalue weighted by Crippen LogP contribution is 2.41. The number of anilines is 2. The first-order valence-electron chi connectivity index (χ1n) is 9.32. The van der Waals surface area contributed by atoms with Crippen LogP contribution < -0.4 is 15.5 Å². The fourth-order valence-corrected chi connectivity index (χ4v) is 4.01. The van der Waals surface area contributed by atoms with Crippen molar-refractivity contribution in [3.63, 3.8) is 0 Å². The Labute approximate surface area is 163 Å². The van der Waals surface area contributed by atoms with Crippen molar-refractivity contribution in [2.24, 2.45) is 0 Å². The second-order valence-corrected chi connectivity index (χ2v) is 7.60. The molecule has 140 valence electrons. The summed E-state index contributed by atoms with van der Waals surface area (Å²) in [6, 6.07) is 15.1. The van der Waals surface area contributed by atoms with Gasteiger partial charge in [-0.2, -0.15) is 0 Å².